The zero-order chi connectivity index (χ0) is 11.9. The summed E-state index contributed by atoms with van der Waals surface area (Å²) < 4.78 is 7.46. The molecule has 0 atom stereocenters. The van der Waals surface area contributed by atoms with E-state index < -0.39 is 0 Å². The van der Waals surface area contributed by atoms with Gasteiger partial charge in [0.2, 0.25) is 0 Å². The van der Waals surface area contributed by atoms with E-state index in [0.29, 0.717) is 19.8 Å². The highest BCUT2D eigenvalue weighted by molar-refractivity contribution is 5.54. The van der Waals surface area contributed by atoms with Gasteiger partial charge in [0.05, 0.1) is 13.2 Å². The Bertz CT molecular complexity index is 439. The van der Waals surface area contributed by atoms with Gasteiger partial charge in [-0.3, -0.25) is 0 Å². The molecule has 4 nitrogen and oxygen atoms in total. The zero-order valence-electron chi connectivity index (χ0n) is 9.75. The predicted molar refractivity (Wildman–Crippen MR) is 67.5 cm³/mol. The summed E-state index contributed by atoms with van der Waals surface area (Å²) in [5.74, 6) is 0.974. The van der Waals surface area contributed by atoms with Crippen LogP contribution in [0.5, 0.6) is 0 Å². The molecule has 0 amide bonds. The molecule has 1 aromatic heterocycles. The van der Waals surface area contributed by atoms with Crippen molar-refractivity contribution in [1.82, 2.24) is 9.55 Å². The third-order valence-corrected chi connectivity index (χ3v) is 2.49. The zero-order valence-corrected chi connectivity index (χ0v) is 9.75. The molecule has 0 saturated heterocycles. The fourth-order valence-electron chi connectivity index (χ4n) is 1.69. The first-order chi connectivity index (χ1) is 8.42. The fraction of sp³-hybridized carbons (Fsp3) is 0.308. The quantitative estimate of drug-likeness (QED) is 0.767. The van der Waals surface area contributed by atoms with Gasteiger partial charge in [0.1, 0.15) is 5.82 Å². The third kappa shape index (κ3) is 3.15. The van der Waals surface area contributed by atoms with Crippen molar-refractivity contribution < 1.29 is 4.74 Å². The number of hydrogen-bond donors (Lipinski definition) is 1. The van der Waals surface area contributed by atoms with E-state index in [-0.39, 0.29) is 0 Å². The second-order valence-electron chi connectivity index (χ2n) is 3.71. The first-order valence-electron chi connectivity index (χ1n) is 5.76. The highest BCUT2D eigenvalue weighted by atomic mass is 16.5. The number of nitrogens with zero attached hydrogens (tertiary/aromatic N) is 2. The van der Waals surface area contributed by atoms with Gasteiger partial charge in [0.25, 0.3) is 0 Å². The van der Waals surface area contributed by atoms with E-state index in [1.54, 1.807) is 0 Å². The van der Waals surface area contributed by atoms with Gasteiger partial charge < -0.3 is 15.0 Å². The van der Waals surface area contributed by atoms with Gasteiger partial charge in [0, 0.05) is 31.0 Å². The normalized spacial score (nSPS) is 10.6. The molecule has 0 unspecified atom stereocenters. The maximum atomic E-state index is 5.37. The average molecular weight is 231 g/mol. The molecule has 17 heavy (non-hydrogen) atoms. The fourth-order valence-corrected chi connectivity index (χ4v) is 1.69. The number of rotatable bonds is 6. The minimum Gasteiger partial charge on any atom is -0.378 e. The Labute approximate surface area is 101 Å². The van der Waals surface area contributed by atoms with Crippen molar-refractivity contribution in [3.8, 4) is 11.4 Å². The molecular weight excluding hydrogens is 214 g/mol. The highest BCUT2D eigenvalue weighted by Gasteiger charge is 2.04. The summed E-state index contributed by atoms with van der Waals surface area (Å²) in [6, 6.07) is 10.1. The van der Waals surface area contributed by atoms with Crippen molar-refractivity contribution in [3.63, 3.8) is 0 Å². The Morgan fingerprint density at radius 1 is 1.18 bits per heavy atom. The van der Waals surface area contributed by atoms with Crippen LogP contribution in [0.1, 0.15) is 0 Å². The standard InChI is InChI=1S/C13H17N3O/c14-6-10-17-11-9-16-8-7-15-13(16)12-4-2-1-3-5-12/h1-5,7-8H,6,9-11,14H2. The van der Waals surface area contributed by atoms with Crippen LogP contribution in [0.2, 0.25) is 0 Å². The van der Waals surface area contributed by atoms with Crippen molar-refractivity contribution in [2.75, 3.05) is 19.8 Å². The first kappa shape index (κ1) is 11.8. The van der Waals surface area contributed by atoms with Gasteiger partial charge in [-0.15, -0.1) is 0 Å². The summed E-state index contributed by atoms with van der Waals surface area (Å²) in [7, 11) is 0. The molecule has 0 aliphatic heterocycles. The van der Waals surface area contributed by atoms with E-state index in [1.165, 1.54) is 0 Å². The Morgan fingerprint density at radius 3 is 2.76 bits per heavy atom. The van der Waals surface area contributed by atoms with E-state index in [1.807, 2.05) is 30.6 Å². The minimum atomic E-state index is 0.565. The van der Waals surface area contributed by atoms with Crippen molar-refractivity contribution in [2.45, 2.75) is 6.54 Å². The Morgan fingerprint density at radius 2 is 2.00 bits per heavy atom. The molecule has 2 aromatic rings. The maximum Gasteiger partial charge on any atom is 0.139 e. The second kappa shape index (κ2) is 6.18. The molecule has 2 N–H and O–H groups in total. The summed E-state index contributed by atoms with van der Waals surface area (Å²) in [6.07, 6.45) is 3.78. The van der Waals surface area contributed by atoms with Crippen LogP contribution >= 0.6 is 0 Å². The lowest BCUT2D eigenvalue weighted by molar-refractivity contribution is 0.133. The van der Waals surface area contributed by atoms with E-state index >= 15 is 0 Å². The number of aromatic nitrogens is 2. The largest absolute Gasteiger partial charge is 0.378 e. The predicted octanol–water partition coefficient (Wildman–Crippen LogP) is 1.53. The lowest BCUT2D eigenvalue weighted by Crippen LogP contribution is -2.12. The van der Waals surface area contributed by atoms with E-state index in [0.717, 1.165) is 17.9 Å². The van der Waals surface area contributed by atoms with Crippen LogP contribution in [-0.2, 0) is 11.3 Å². The SMILES string of the molecule is NCCOCCn1ccnc1-c1ccccc1. The van der Waals surface area contributed by atoms with Crippen molar-refractivity contribution in [3.05, 3.63) is 42.7 Å². The molecule has 1 aromatic carbocycles. The number of imidazole rings is 1. The average Bonchev–Trinajstić information content (AvgIpc) is 2.84. The number of benzene rings is 1. The summed E-state index contributed by atoms with van der Waals surface area (Å²) in [5, 5.41) is 0. The minimum absolute atomic E-state index is 0.565. The molecule has 1 heterocycles. The summed E-state index contributed by atoms with van der Waals surface area (Å²) in [6.45, 7) is 2.63. The first-order valence-corrected chi connectivity index (χ1v) is 5.76. The van der Waals surface area contributed by atoms with E-state index in [9.17, 15) is 0 Å². The number of hydrogen-bond acceptors (Lipinski definition) is 3. The summed E-state index contributed by atoms with van der Waals surface area (Å²) in [4.78, 5) is 4.37. The molecule has 0 bridgehead atoms. The van der Waals surface area contributed by atoms with Crippen LogP contribution in [0, 0.1) is 0 Å². The van der Waals surface area contributed by atoms with Crippen LogP contribution in [0.4, 0.5) is 0 Å². The molecule has 90 valence electrons. The summed E-state index contributed by atoms with van der Waals surface area (Å²) in [5.41, 5.74) is 6.49. The molecule has 2 rings (SSSR count). The van der Waals surface area contributed by atoms with Crippen molar-refractivity contribution in [1.29, 1.82) is 0 Å². The van der Waals surface area contributed by atoms with E-state index in [4.69, 9.17) is 10.5 Å². The van der Waals surface area contributed by atoms with Gasteiger partial charge in [-0.05, 0) is 0 Å². The molecule has 0 aliphatic carbocycles. The molecule has 4 heteroatoms. The maximum absolute atomic E-state index is 5.37. The molecule has 0 saturated carbocycles. The van der Waals surface area contributed by atoms with Crippen LogP contribution in [0.25, 0.3) is 11.4 Å². The van der Waals surface area contributed by atoms with Gasteiger partial charge in [-0.25, -0.2) is 4.98 Å². The van der Waals surface area contributed by atoms with E-state index in [2.05, 4.69) is 21.7 Å². The van der Waals surface area contributed by atoms with Crippen LogP contribution in [-0.4, -0.2) is 29.3 Å². The lowest BCUT2D eigenvalue weighted by atomic mass is 10.2. The van der Waals surface area contributed by atoms with Crippen LogP contribution in [0.15, 0.2) is 42.7 Å². The van der Waals surface area contributed by atoms with Gasteiger partial charge >= 0.3 is 0 Å². The van der Waals surface area contributed by atoms with Gasteiger partial charge in [-0.2, -0.15) is 0 Å². The molecule has 0 fully saturated rings. The highest BCUT2D eigenvalue weighted by Crippen LogP contribution is 2.16. The molecule has 0 spiro atoms. The molecule has 0 aliphatic rings. The molecule has 0 radical (unpaired) electrons. The van der Waals surface area contributed by atoms with Crippen molar-refractivity contribution in [2.24, 2.45) is 5.73 Å². The third-order valence-electron chi connectivity index (χ3n) is 2.49. The topological polar surface area (TPSA) is 53.1 Å². The van der Waals surface area contributed by atoms with Gasteiger partial charge in [0.15, 0.2) is 0 Å². The van der Waals surface area contributed by atoms with Crippen molar-refractivity contribution >= 4 is 0 Å². The monoisotopic (exact) mass is 231 g/mol. The Kier molecular flexibility index (Phi) is 4.30. The summed E-state index contributed by atoms with van der Waals surface area (Å²) >= 11 is 0. The smallest absolute Gasteiger partial charge is 0.139 e. The van der Waals surface area contributed by atoms with Gasteiger partial charge in [-0.1, -0.05) is 30.3 Å². The van der Waals surface area contributed by atoms with Crippen LogP contribution in [0.3, 0.4) is 0 Å². The van der Waals surface area contributed by atoms with Crippen LogP contribution < -0.4 is 5.73 Å². The lowest BCUT2D eigenvalue weighted by Gasteiger charge is -2.08. The number of ether oxygens (including phenoxy) is 1. The second-order valence-corrected chi connectivity index (χ2v) is 3.71. The Balaban J connectivity index is 2.02. The number of nitrogens with two attached hydrogens (primary N) is 1. The Hall–Kier alpha value is -1.65. The molecular formula is C13H17N3O.